The Kier molecular flexibility index (Phi) is 2.11. The van der Waals surface area contributed by atoms with Crippen LogP contribution >= 0.6 is 0 Å². The molecule has 1 aromatic carbocycles. The van der Waals surface area contributed by atoms with E-state index in [2.05, 4.69) is 5.32 Å². The summed E-state index contributed by atoms with van der Waals surface area (Å²) in [6.45, 7) is 0. The van der Waals surface area contributed by atoms with E-state index in [0.717, 1.165) is 0 Å². The number of benzene rings is 1. The molecule has 0 heterocycles. The van der Waals surface area contributed by atoms with Crippen LogP contribution < -0.4 is 5.32 Å². The zero-order valence-corrected chi connectivity index (χ0v) is 6.11. The molecule has 1 N–H and O–H groups in total. The highest BCUT2D eigenvalue weighted by Gasteiger charge is 2.01. The second-order valence-electron chi connectivity index (χ2n) is 2.08. The molecule has 1 aromatic rings. The highest BCUT2D eigenvalue weighted by atomic mass is 16.4. The third-order valence-electron chi connectivity index (χ3n) is 1.35. The zero-order valence-electron chi connectivity index (χ0n) is 6.11. The quantitative estimate of drug-likeness (QED) is 0.689. The summed E-state index contributed by atoms with van der Waals surface area (Å²) in [5.74, 6) is -0.921. The molecular formula is C8H8NO2. The number of carboxylic acid groups (broad SMARTS) is 1. The van der Waals surface area contributed by atoms with E-state index in [1.165, 1.54) is 12.1 Å². The molecule has 3 nitrogen and oxygen atoms in total. The van der Waals surface area contributed by atoms with Crippen molar-refractivity contribution in [3.63, 3.8) is 0 Å². The van der Waals surface area contributed by atoms with Gasteiger partial charge in [-0.15, -0.1) is 0 Å². The fourth-order valence-corrected chi connectivity index (χ4v) is 0.778. The summed E-state index contributed by atoms with van der Waals surface area (Å²) in [5.41, 5.74) is 0.956. The van der Waals surface area contributed by atoms with Gasteiger partial charge in [-0.05, 0) is 18.2 Å². The molecular weight excluding hydrogens is 142 g/mol. The van der Waals surface area contributed by atoms with Crippen molar-refractivity contribution in [2.75, 3.05) is 7.05 Å². The number of carbonyl (C=O) groups is 1. The predicted octanol–water partition coefficient (Wildman–Crippen LogP) is 1.25. The van der Waals surface area contributed by atoms with E-state index in [0.29, 0.717) is 5.69 Å². The van der Waals surface area contributed by atoms with E-state index in [4.69, 9.17) is 5.11 Å². The molecule has 0 saturated heterocycles. The van der Waals surface area contributed by atoms with Gasteiger partial charge in [0.05, 0.1) is 11.3 Å². The number of carboxylic acids is 1. The van der Waals surface area contributed by atoms with Crippen LogP contribution in [0.15, 0.2) is 24.3 Å². The first-order valence-electron chi connectivity index (χ1n) is 3.17. The Hall–Kier alpha value is -1.51. The first-order valence-corrected chi connectivity index (χ1v) is 3.17. The Balaban J connectivity index is 3.01. The summed E-state index contributed by atoms with van der Waals surface area (Å²) in [5, 5.41) is 12.4. The average molecular weight is 150 g/mol. The maximum Gasteiger partial charge on any atom is 0.335 e. The molecule has 0 aliphatic carbocycles. The molecule has 0 fully saturated rings. The van der Waals surface area contributed by atoms with Gasteiger partial charge in [-0.25, -0.2) is 4.79 Å². The van der Waals surface area contributed by atoms with Crippen LogP contribution in [0.3, 0.4) is 0 Å². The fraction of sp³-hybridized carbons (Fsp3) is 0.125. The minimum atomic E-state index is -0.921. The fourth-order valence-electron chi connectivity index (χ4n) is 0.778. The average Bonchev–Trinajstić information content (AvgIpc) is 2.05. The Labute approximate surface area is 64.7 Å². The lowest BCUT2D eigenvalue weighted by Gasteiger charge is -1.97. The van der Waals surface area contributed by atoms with Gasteiger partial charge in [0.2, 0.25) is 0 Å². The summed E-state index contributed by atoms with van der Waals surface area (Å²) < 4.78 is 0. The normalized spacial score (nSPS) is 9.18. The van der Waals surface area contributed by atoms with Gasteiger partial charge >= 0.3 is 5.97 Å². The van der Waals surface area contributed by atoms with Crippen molar-refractivity contribution in [3.8, 4) is 0 Å². The van der Waals surface area contributed by atoms with Crippen molar-refractivity contribution in [2.24, 2.45) is 0 Å². The van der Waals surface area contributed by atoms with E-state index in [1.807, 2.05) is 0 Å². The zero-order chi connectivity index (χ0) is 8.27. The van der Waals surface area contributed by atoms with Crippen molar-refractivity contribution in [1.29, 1.82) is 0 Å². The molecule has 1 radical (unpaired) electrons. The summed E-state index contributed by atoms with van der Waals surface area (Å²) in [6.07, 6.45) is 0. The van der Waals surface area contributed by atoms with E-state index >= 15 is 0 Å². The van der Waals surface area contributed by atoms with E-state index in [1.54, 1.807) is 19.2 Å². The summed E-state index contributed by atoms with van der Waals surface area (Å²) in [4.78, 5) is 10.4. The van der Waals surface area contributed by atoms with Crippen molar-refractivity contribution < 1.29 is 9.90 Å². The Morgan fingerprint density at radius 2 is 2.27 bits per heavy atom. The van der Waals surface area contributed by atoms with Crippen LogP contribution in [0, 0.1) is 0 Å². The number of hydrogen-bond acceptors (Lipinski definition) is 1. The van der Waals surface area contributed by atoms with Crippen LogP contribution in [-0.4, -0.2) is 18.1 Å². The Bertz CT molecular complexity index is 271. The summed E-state index contributed by atoms with van der Waals surface area (Å²) in [7, 11) is 1.63. The van der Waals surface area contributed by atoms with E-state index < -0.39 is 5.97 Å². The van der Waals surface area contributed by atoms with Crippen molar-refractivity contribution in [2.45, 2.75) is 0 Å². The van der Waals surface area contributed by atoms with Gasteiger partial charge in [0.25, 0.3) is 0 Å². The summed E-state index contributed by atoms with van der Waals surface area (Å²) >= 11 is 0. The van der Waals surface area contributed by atoms with Gasteiger partial charge in [-0.2, -0.15) is 0 Å². The number of hydrogen-bond donors (Lipinski definition) is 1. The third kappa shape index (κ3) is 1.70. The van der Waals surface area contributed by atoms with E-state index in [9.17, 15) is 4.79 Å². The minimum absolute atomic E-state index is 0.271. The smallest absolute Gasteiger partial charge is 0.335 e. The molecule has 0 unspecified atom stereocenters. The number of rotatable bonds is 2. The molecule has 0 amide bonds. The van der Waals surface area contributed by atoms with Crippen LogP contribution in [0.5, 0.6) is 0 Å². The predicted molar refractivity (Wildman–Crippen MR) is 41.1 cm³/mol. The standard InChI is InChI=1S/C8H8NO2/c1-9-7-4-2-3-6(5-7)8(10)11/h2-5H,1H3,(H,10,11). The van der Waals surface area contributed by atoms with Crippen molar-refractivity contribution in [3.05, 3.63) is 29.8 Å². The maximum absolute atomic E-state index is 10.4. The lowest BCUT2D eigenvalue weighted by Crippen LogP contribution is -1.96. The van der Waals surface area contributed by atoms with Crippen LogP contribution in [0.2, 0.25) is 0 Å². The Morgan fingerprint density at radius 1 is 1.55 bits per heavy atom. The van der Waals surface area contributed by atoms with Crippen LogP contribution in [0.4, 0.5) is 5.69 Å². The van der Waals surface area contributed by atoms with Gasteiger partial charge in [0, 0.05) is 7.05 Å². The molecule has 0 aliphatic heterocycles. The minimum Gasteiger partial charge on any atom is -0.478 e. The van der Waals surface area contributed by atoms with Crippen molar-refractivity contribution in [1.82, 2.24) is 5.32 Å². The van der Waals surface area contributed by atoms with Gasteiger partial charge in [-0.1, -0.05) is 6.07 Å². The highest BCUT2D eigenvalue weighted by molar-refractivity contribution is 5.88. The lowest BCUT2D eigenvalue weighted by atomic mass is 10.2. The Morgan fingerprint density at radius 3 is 2.82 bits per heavy atom. The van der Waals surface area contributed by atoms with Crippen LogP contribution in [0.1, 0.15) is 10.4 Å². The number of aromatic carboxylic acids is 1. The molecule has 57 valence electrons. The van der Waals surface area contributed by atoms with Gasteiger partial charge in [-0.3, -0.25) is 5.32 Å². The molecule has 0 spiro atoms. The topological polar surface area (TPSA) is 51.4 Å². The molecule has 0 bridgehead atoms. The second kappa shape index (κ2) is 3.05. The summed E-state index contributed by atoms with van der Waals surface area (Å²) in [6, 6.07) is 6.50. The van der Waals surface area contributed by atoms with Crippen LogP contribution in [-0.2, 0) is 0 Å². The highest BCUT2D eigenvalue weighted by Crippen LogP contribution is 2.09. The van der Waals surface area contributed by atoms with Gasteiger partial charge in [0.15, 0.2) is 0 Å². The number of nitrogens with zero attached hydrogens (tertiary/aromatic N) is 1. The van der Waals surface area contributed by atoms with Crippen LogP contribution in [0.25, 0.3) is 0 Å². The molecule has 11 heavy (non-hydrogen) atoms. The molecule has 0 atom stereocenters. The van der Waals surface area contributed by atoms with Gasteiger partial charge in [0.1, 0.15) is 0 Å². The lowest BCUT2D eigenvalue weighted by molar-refractivity contribution is 0.0697. The third-order valence-corrected chi connectivity index (χ3v) is 1.35. The molecule has 1 rings (SSSR count). The second-order valence-corrected chi connectivity index (χ2v) is 2.08. The first-order chi connectivity index (χ1) is 5.24. The van der Waals surface area contributed by atoms with Gasteiger partial charge < -0.3 is 5.11 Å². The van der Waals surface area contributed by atoms with E-state index in [-0.39, 0.29) is 5.56 Å². The van der Waals surface area contributed by atoms with Crippen molar-refractivity contribution >= 4 is 11.7 Å². The largest absolute Gasteiger partial charge is 0.478 e. The maximum atomic E-state index is 10.4. The molecule has 0 aromatic heterocycles. The SMILES string of the molecule is C[N]c1cccc(C(=O)O)c1. The molecule has 0 saturated carbocycles. The first kappa shape index (κ1) is 7.60. The molecule has 3 heteroatoms. The monoisotopic (exact) mass is 150 g/mol. The molecule has 0 aliphatic rings.